The van der Waals surface area contributed by atoms with E-state index in [1.807, 2.05) is 0 Å². The molecular weight excluding hydrogens is 306 g/mol. The summed E-state index contributed by atoms with van der Waals surface area (Å²) >= 11 is 0. The Morgan fingerprint density at radius 3 is 2.46 bits per heavy atom. The Morgan fingerprint density at radius 2 is 1.92 bits per heavy atom. The van der Waals surface area contributed by atoms with Gasteiger partial charge in [0.2, 0.25) is 0 Å². The molecule has 2 fully saturated rings. The Hall–Kier alpha value is -0.900. The van der Waals surface area contributed by atoms with Crippen LogP contribution in [-0.2, 0) is 6.42 Å². The fourth-order valence-electron chi connectivity index (χ4n) is 4.62. The summed E-state index contributed by atoms with van der Waals surface area (Å²) in [5.74, 6) is -0.999. The molecule has 136 valence electrons. The van der Waals surface area contributed by atoms with E-state index in [0.717, 1.165) is 18.9 Å². The molecule has 0 aliphatic heterocycles. The molecule has 1 aromatic rings. The predicted octanol–water partition coefficient (Wildman–Crippen LogP) is 5.11. The van der Waals surface area contributed by atoms with Crippen molar-refractivity contribution in [2.45, 2.75) is 83.7 Å². The number of nitrogens with one attached hydrogen (secondary N) is 1. The van der Waals surface area contributed by atoms with Crippen LogP contribution in [-0.4, -0.2) is 23.1 Å². The zero-order valence-corrected chi connectivity index (χ0v) is 15.3. The van der Waals surface area contributed by atoms with Crippen LogP contribution in [0, 0.1) is 18.8 Å². The van der Waals surface area contributed by atoms with Crippen LogP contribution in [0.3, 0.4) is 0 Å². The van der Waals surface area contributed by atoms with E-state index >= 15 is 0 Å². The van der Waals surface area contributed by atoms with Gasteiger partial charge in [-0.05, 0) is 76.0 Å². The van der Waals surface area contributed by atoms with Crippen molar-refractivity contribution in [1.82, 2.24) is 9.88 Å². The molecule has 2 aliphatic rings. The van der Waals surface area contributed by atoms with Crippen LogP contribution >= 0.6 is 0 Å². The molecule has 4 heteroatoms. The van der Waals surface area contributed by atoms with Crippen LogP contribution in [0.15, 0.2) is 12.3 Å². The number of alkyl halides is 2. The average molecular weight is 338 g/mol. The molecular formula is C20H32F2N2. The molecule has 2 nitrogen and oxygen atoms in total. The Balaban J connectivity index is 1.44. The highest BCUT2D eigenvalue weighted by Gasteiger charge is 2.45. The second-order valence-corrected chi connectivity index (χ2v) is 8.08. The fourth-order valence-corrected chi connectivity index (χ4v) is 4.62. The van der Waals surface area contributed by atoms with Crippen LogP contribution in [0.25, 0.3) is 0 Å². The van der Waals surface area contributed by atoms with Crippen molar-refractivity contribution < 1.29 is 8.78 Å². The van der Waals surface area contributed by atoms with Gasteiger partial charge in [0.05, 0.1) is 0 Å². The van der Waals surface area contributed by atoms with E-state index < -0.39 is 5.92 Å². The summed E-state index contributed by atoms with van der Waals surface area (Å²) in [6.07, 6.45) is 8.39. The van der Waals surface area contributed by atoms with Crippen LogP contribution in [0.1, 0.15) is 69.7 Å². The van der Waals surface area contributed by atoms with Gasteiger partial charge in [0.1, 0.15) is 0 Å². The molecule has 0 aromatic carbocycles. The first-order valence-electron chi connectivity index (χ1n) is 9.67. The minimum atomic E-state index is -2.41. The summed E-state index contributed by atoms with van der Waals surface area (Å²) in [6.45, 7) is 7.73. The van der Waals surface area contributed by atoms with Crippen molar-refractivity contribution in [2.75, 3.05) is 6.54 Å². The van der Waals surface area contributed by atoms with Gasteiger partial charge in [0.15, 0.2) is 0 Å². The van der Waals surface area contributed by atoms with E-state index in [9.17, 15) is 8.78 Å². The quantitative estimate of drug-likeness (QED) is 0.762. The third kappa shape index (κ3) is 3.84. The molecule has 1 heterocycles. The Morgan fingerprint density at radius 1 is 1.25 bits per heavy atom. The van der Waals surface area contributed by atoms with Crippen LogP contribution in [0.4, 0.5) is 8.78 Å². The zero-order valence-electron chi connectivity index (χ0n) is 15.3. The lowest BCUT2D eigenvalue weighted by Crippen LogP contribution is -2.49. The molecule has 0 amide bonds. The lowest BCUT2D eigenvalue weighted by atomic mass is 9.78. The molecule has 0 spiro atoms. The zero-order chi connectivity index (χ0) is 17.3. The largest absolute Gasteiger partial charge is 0.348 e. The molecule has 3 rings (SSSR count). The van der Waals surface area contributed by atoms with Crippen molar-refractivity contribution in [3.63, 3.8) is 0 Å². The summed E-state index contributed by atoms with van der Waals surface area (Å²) in [6, 6.07) is 2.87. The summed E-state index contributed by atoms with van der Waals surface area (Å²) < 4.78 is 28.2. The monoisotopic (exact) mass is 338 g/mol. The number of aromatic nitrogens is 1. The molecule has 1 atom stereocenters. The topological polar surface area (TPSA) is 17.0 Å². The van der Waals surface area contributed by atoms with Crippen LogP contribution in [0.2, 0.25) is 0 Å². The second-order valence-electron chi connectivity index (χ2n) is 8.08. The Labute approximate surface area is 145 Å². The minimum absolute atomic E-state index is 0.0338. The standard InChI is InChI=1S/C20H32F2N2/c1-4-17-9-10-24(14(17)2)15(3)18-7-5-16(6-8-18)13-23-19-11-20(21,22)12-19/h9-10,15-16,18-19,23H,4-8,11-13H2,1-3H3. The Bertz CT molecular complexity index is 536. The molecule has 0 saturated heterocycles. The number of nitrogens with zero attached hydrogens (tertiary/aromatic N) is 1. The van der Waals surface area contributed by atoms with Gasteiger partial charge in [0.25, 0.3) is 5.92 Å². The van der Waals surface area contributed by atoms with Crippen molar-refractivity contribution in [2.24, 2.45) is 11.8 Å². The average Bonchev–Trinajstić information content (AvgIpc) is 2.91. The number of hydrogen-bond donors (Lipinski definition) is 1. The number of halogens is 2. The highest BCUT2D eigenvalue weighted by molar-refractivity contribution is 5.21. The fraction of sp³-hybridized carbons (Fsp3) is 0.800. The summed E-state index contributed by atoms with van der Waals surface area (Å²) in [7, 11) is 0. The first-order valence-corrected chi connectivity index (χ1v) is 9.67. The van der Waals surface area contributed by atoms with Gasteiger partial charge < -0.3 is 9.88 Å². The highest BCUT2D eigenvalue weighted by Crippen LogP contribution is 2.39. The number of aryl methyl sites for hydroxylation is 1. The lowest BCUT2D eigenvalue weighted by molar-refractivity contribution is -0.0934. The maximum atomic E-state index is 12.9. The normalized spacial score (nSPS) is 28.5. The molecule has 1 aromatic heterocycles. The van der Waals surface area contributed by atoms with E-state index in [1.54, 1.807) is 0 Å². The van der Waals surface area contributed by atoms with Gasteiger partial charge in [-0.3, -0.25) is 0 Å². The van der Waals surface area contributed by atoms with Gasteiger partial charge in [-0.1, -0.05) is 6.92 Å². The SMILES string of the molecule is CCc1ccn(C(C)C2CCC(CNC3CC(F)(F)C3)CC2)c1C. The minimum Gasteiger partial charge on any atom is -0.348 e. The van der Waals surface area contributed by atoms with E-state index in [2.05, 4.69) is 42.9 Å². The van der Waals surface area contributed by atoms with E-state index in [4.69, 9.17) is 0 Å². The number of hydrogen-bond acceptors (Lipinski definition) is 1. The number of rotatable bonds is 6. The van der Waals surface area contributed by atoms with Gasteiger partial charge in [-0.25, -0.2) is 8.78 Å². The maximum Gasteiger partial charge on any atom is 0.251 e. The summed E-state index contributed by atoms with van der Waals surface area (Å²) in [5.41, 5.74) is 2.87. The second kappa shape index (κ2) is 7.15. The molecule has 1 unspecified atom stereocenters. The van der Waals surface area contributed by atoms with Crippen molar-refractivity contribution >= 4 is 0 Å². The maximum absolute atomic E-state index is 12.9. The van der Waals surface area contributed by atoms with Gasteiger partial charge >= 0.3 is 0 Å². The lowest BCUT2D eigenvalue weighted by Gasteiger charge is -2.38. The van der Waals surface area contributed by atoms with Gasteiger partial charge in [-0.2, -0.15) is 0 Å². The third-order valence-electron chi connectivity index (χ3n) is 6.47. The highest BCUT2D eigenvalue weighted by atomic mass is 19.3. The molecule has 1 N–H and O–H groups in total. The van der Waals surface area contributed by atoms with Crippen molar-refractivity contribution in [3.8, 4) is 0 Å². The van der Waals surface area contributed by atoms with Gasteiger partial charge in [-0.15, -0.1) is 0 Å². The van der Waals surface area contributed by atoms with Crippen molar-refractivity contribution in [1.29, 1.82) is 0 Å². The smallest absolute Gasteiger partial charge is 0.251 e. The molecule has 2 saturated carbocycles. The first-order chi connectivity index (χ1) is 11.4. The van der Waals surface area contributed by atoms with E-state index in [1.165, 1.54) is 36.9 Å². The first kappa shape index (κ1) is 17.9. The van der Waals surface area contributed by atoms with E-state index in [-0.39, 0.29) is 18.9 Å². The van der Waals surface area contributed by atoms with E-state index in [0.29, 0.717) is 12.0 Å². The molecule has 0 bridgehead atoms. The molecule has 0 radical (unpaired) electrons. The van der Waals surface area contributed by atoms with Crippen LogP contribution < -0.4 is 5.32 Å². The predicted molar refractivity (Wildman–Crippen MR) is 94.7 cm³/mol. The van der Waals surface area contributed by atoms with Crippen molar-refractivity contribution in [3.05, 3.63) is 23.5 Å². The molecule has 24 heavy (non-hydrogen) atoms. The van der Waals surface area contributed by atoms with Crippen LogP contribution in [0.5, 0.6) is 0 Å². The Kier molecular flexibility index (Phi) is 5.33. The van der Waals surface area contributed by atoms with Gasteiger partial charge in [0, 0.05) is 36.8 Å². The summed E-state index contributed by atoms with van der Waals surface area (Å²) in [4.78, 5) is 0. The summed E-state index contributed by atoms with van der Waals surface area (Å²) in [5, 5.41) is 3.36. The third-order valence-corrected chi connectivity index (χ3v) is 6.47. The molecule has 2 aliphatic carbocycles.